The van der Waals surface area contributed by atoms with Gasteiger partial charge in [0.2, 0.25) is 10.0 Å². The number of piperazine rings is 1. The zero-order chi connectivity index (χ0) is 18.0. The van der Waals surface area contributed by atoms with Crippen LogP contribution in [0.1, 0.15) is 18.8 Å². The second-order valence-corrected chi connectivity index (χ2v) is 7.72. The van der Waals surface area contributed by atoms with Gasteiger partial charge in [-0.25, -0.2) is 17.8 Å². The third-order valence-electron chi connectivity index (χ3n) is 4.46. The van der Waals surface area contributed by atoms with Gasteiger partial charge in [0, 0.05) is 32.0 Å². The summed E-state index contributed by atoms with van der Waals surface area (Å²) >= 11 is 0. The molecular weight excluding hydrogens is 347 g/mol. The number of ether oxygens (including phenoxy) is 1. The number of benzene rings is 1. The number of rotatable bonds is 5. The van der Waals surface area contributed by atoms with E-state index in [-0.39, 0.29) is 23.2 Å². The highest BCUT2D eigenvalue weighted by Crippen LogP contribution is 2.28. The van der Waals surface area contributed by atoms with Gasteiger partial charge in [0.05, 0.1) is 18.0 Å². The van der Waals surface area contributed by atoms with Gasteiger partial charge < -0.3 is 9.72 Å². The van der Waals surface area contributed by atoms with Crippen LogP contribution < -0.4 is 4.74 Å². The van der Waals surface area contributed by atoms with Gasteiger partial charge in [0.25, 0.3) is 0 Å². The highest BCUT2D eigenvalue weighted by molar-refractivity contribution is 7.89. The number of H-pyrrole nitrogens is 1. The van der Waals surface area contributed by atoms with Crippen molar-refractivity contribution in [1.82, 2.24) is 19.2 Å². The van der Waals surface area contributed by atoms with Crippen molar-refractivity contribution in [2.75, 3.05) is 33.3 Å². The Morgan fingerprint density at radius 2 is 2.20 bits per heavy atom. The van der Waals surface area contributed by atoms with E-state index in [1.165, 1.54) is 23.5 Å². The summed E-state index contributed by atoms with van der Waals surface area (Å²) in [5.74, 6) is 0.0456. The lowest BCUT2D eigenvalue weighted by molar-refractivity contribution is 0.119. The number of nitrogens with zero attached hydrogens (tertiary/aromatic N) is 3. The molecule has 136 valence electrons. The summed E-state index contributed by atoms with van der Waals surface area (Å²) < 4.78 is 46.0. The first-order valence-corrected chi connectivity index (χ1v) is 9.48. The summed E-state index contributed by atoms with van der Waals surface area (Å²) in [6, 6.07) is 3.54. The highest BCUT2D eigenvalue weighted by Gasteiger charge is 2.35. The molecule has 0 saturated carbocycles. The van der Waals surface area contributed by atoms with Crippen LogP contribution in [-0.2, 0) is 10.0 Å². The number of hydrogen-bond acceptors (Lipinski definition) is 5. The fourth-order valence-corrected chi connectivity index (χ4v) is 4.52. The Balaban J connectivity index is 1.88. The SMILES string of the molecule is CCN1CCN(S(=O)(=O)c2ccc(OC)c(F)c2)C[C@@H]1c1ncc[nH]1. The number of methoxy groups -OCH3 is 1. The van der Waals surface area contributed by atoms with Gasteiger partial charge in [-0.05, 0) is 24.7 Å². The summed E-state index contributed by atoms with van der Waals surface area (Å²) in [4.78, 5) is 9.42. The highest BCUT2D eigenvalue weighted by atomic mass is 32.2. The smallest absolute Gasteiger partial charge is 0.243 e. The number of hydrogen-bond donors (Lipinski definition) is 1. The van der Waals surface area contributed by atoms with E-state index in [0.29, 0.717) is 13.1 Å². The molecule has 9 heteroatoms. The first kappa shape index (κ1) is 17.8. The summed E-state index contributed by atoms with van der Waals surface area (Å²) in [6.07, 6.45) is 3.37. The van der Waals surface area contributed by atoms with Crippen molar-refractivity contribution >= 4 is 10.0 Å². The van der Waals surface area contributed by atoms with Gasteiger partial charge in [0.15, 0.2) is 11.6 Å². The van der Waals surface area contributed by atoms with Gasteiger partial charge in [-0.2, -0.15) is 4.31 Å². The predicted octanol–water partition coefficient (Wildman–Crippen LogP) is 1.62. The van der Waals surface area contributed by atoms with Crippen LogP contribution in [0.3, 0.4) is 0 Å². The Hall–Kier alpha value is -1.97. The molecule has 1 atom stereocenters. The number of imidazole rings is 1. The van der Waals surface area contributed by atoms with Crippen LogP contribution in [0.4, 0.5) is 4.39 Å². The maximum atomic E-state index is 13.9. The molecule has 3 rings (SSSR count). The lowest BCUT2D eigenvalue weighted by Gasteiger charge is -2.39. The maximum Gasteiger partial charge on any atom is 0.243 e. The molecule has 1 N–H and O–H groups in total. The molecule has 1 aliphatic rings. The van der Waals surface area contributed by atoms with Crippen molar-refractivity contribution < 1.29 is 17.5 Å². The van der Waals surface area contributed by atoms with Gasteiger partial charge in [0.1, 0.15) is 5.82 Å². The molecule has 1 aromatic carbocycles. The monoisotopic (exact) mass is 368 g/mol. The molecule has 1 saturated heterocycles. The molecular formula is C16H21FN4O3S. The Morgan fingerprint density at radius 1 is 1.40 bits per heavy atom. The number of aromatic amines is 1. The normalized spacial score (nSPS) is 19.9. The molecule has 2 heterocycles. The Morgan fingerprint density at radius 3 is 2.80 bits per heavy atom. The molecule has 0 aliphatic carbocycles. The molecule has 2 aromatic rings. The second-order valence-electron chi connectivity index (χ2n) is 5.78. The third kappa shape index (κ3) is 3.39. The summed E-state index contributed by atoms with van der Waals surface area (Å²) in [5.41, 5.74) is 0. The molecule has 1 aromatic heterocycles. The van der Waals surface area contributed by atoms with Crippen LogP contribution in [-0.4, -0.2) is 60.9 Å². The third-order valence-corrected chi connectivity index (χ3v) is 6.32. The van der Waals surface area contributed by atoms with Crippen LogP contribution in [0, 0.1) is 5.82 Å². The van der Waals surface area contributed by atoms with Crippen LogP contribution in [0.15, 0.2) is 35.5 Å². The zero-order valence-corrected chi connectivity index (χ0v) is 15.0. The number of sulfonamides is 1. The Bertz CT molecular complexity index is 826. The van der Waals surface area contributed by atoms with E-state index in [0.717, 1.165) is 18.4 Å². The molecule has 0 bridgehead atoms. The Kier molecular flexibility index (Phi) is 5.07. The number of halogens is 1. The van der Waals surface area contributed by atoms with Crippen LogP contribution in [0.2, 0.25) is 0 Å². The number of aromatic nitrogens is 2. The first-order valence-electron chi connectivity index (χ1n) is 8.04. The topological polar surface area (TPSA) is 78.5 Å². The average Bonchev–Trinajstić information content (AvgIpc) is 3.15. The van der Waals surface area contributed by atoms with Gasteiger partial charge in [-0.15, -0.1) is 0 Å². The summed E-state index contributed by atoms with van der Waals surface area (Å²) in [7, 11) is -2.46. The zero-order valence-electron chi connectivity index (χ0n) is 14.1. The molecule has 0 unspecified atom stereocenters. The number of likely N-dealkylation sites (N-methyl/N-ethyl adjacent to an activating group) is 1. The van der Waals surface area contributed by atoms with Gasteiger partial charge in [-0.1, -0.05) is 6.92 Å². The summed E-state index contributed by atoms with van der Waals surface area (Å²) in [5, 5.41) is 0. The molecule has 1 aliphatic heterocycles. The van der Waals surface area contributed by atoms with Crippen LogP contribution in [0.25, 0.3) is 0 Å². The van der Waals surface area contributed by atoms with Crippen molar-refractivity contribution in [3.63, 3.8) is 0 Å². The minimum Gasteiger partial charge on any atom is -0.494 e. The van der Waals surface area contributed by atoms with E-state index in [1.807, 2.05) is 6.92 Å². The van der Waals surface area contributed by atoms with E-state index < -0.39 is 15.8 Å². The minimum absolute atomic E-state index is 0.0169. The predicted molar refractivity (Wildman–Crippen MR) is 90.3 cm³/mol. The van der Waals surface area contributed by atoms with Crippen LogP contribution in [0.5, 0.6) is 5.75 Å². The Labute approximate surface area is 146 Å². The van der Waals surface area contributed by atoms with Crippen molar-refractivity contribution in [2.24, 2.45) is 0 Å². The molecule has 1 fully saturated rings. The van der Waals surface area contributed by atoms with Crippen LogP contribution >= 0.6 is 0 Å². The fourth-order valence-electron chi connectivity index (χ4n) is 3.07. The van der Waals surface area contributed by atoms with Gasteiger partial charge >= 0.3 is 0 Å². The second kappa shape index (κ2) is 7.11. The molecule has 7 nitrogen and oxygen atoms in total. The number of nitrogens with one attached hydrogen (secondary N) is 1. The summed E-state index contributed by atoms with van der Waals surface area (Å²) in [6.45, 7) is 4.01. The van der Waals surface area contributed by atoms with Crippen molar-refractivity contribution in [2.45, 2.75) is 17.9 Å². The van der Waals surface area contributed by atoms with E-state index in [1.54, 1.807) is 12.4 Å². The lowest BCUT2D eigenvalue weighted by atomic mass is 10.2. The largest absolute Gasteiger partial charge is 0.494 e. The lowest BCUT2D eigenvalue weighted by Crippen LogP contribution is -2.50. The fraction of sp³-hybridized carbons (Fsp3) is 0.438. The van der Waals surface area contributed by atoms with Crippen molar-refractivity contribution in [1.29, 1.82) is 0 Å². The molecule has 0 spiro atoms. The van der Waals surface area contributed by atoms with Crippen molar-refractivity contribution in [3.05, 3.63) is 42.2 Å². The van der Waals surface area contributed by atoms with Crippen molar-refractivity contribution in [3.8, 4) is 5.75 Å². The van der Waals surface area contributed by atoms with E-state index in [2.05, 4.69) is 14.9 Å². The van der Waals surface area contributed by atoms with E-state index in [4.69, 9.17) is 4.74 Å². The molecule has 0 amide bonds. The standard InChI is InChI=1S/C16H21FN4O3S/c1-3-20-8-9-21(11-14(20)16-18-6-7-19-16)25(22,23)12-4-5-15(24-2)13(17)10-12/h4-7,10,14H,3,8-9,11H2,1-2H3,(H,18,19)/t14-/m1/s1. The molecule has 25 heavy (non-hydrogen) atoms. The minimum atomic E-state index is -3.80. The van der Waals surface area contributed by atoms with Gasteiger partial charge in [-0.3, -0.25) is 4.90 Å². The van der Waals surface area contributed by atoms with E-state index >= 15 is 0 Å². The maximum absolute atomic E-state index is 13.9. The quantitative estimate of drug-likeness (QED) is 0.868. The average molecular weight is 368 g/mol. The van der Waals surface area contributed by atoms with E-state index in [9.17, 15) is 12.8 Å². The first-order chi connectivity index (χ1) is 12.0. The molecule has 0 radical (unpaired) electrons.